The number of hydrogen-bond donors (Lipinski definition) is 1. The Balaban J connectivity index is 1.60. The Morgan fingerprint density at radius 1 is 1.39 bits per heavy atom. The third-order valence-corrected chi connectivity index (χ3v) is 4.56. The van der Waals surface area contributed by atoms with Gasteiger partial charge in [-0.25, -0.2) is 4.98 Å². The van der Waals surface area contributed by atoms with Crippen molar-refractivity contribution in [2.45, 2.75) is 5.75 Å². The summed E-state index contributed by atoms with van der Waals surface area (Å²) in [7, 11) is 1.86. The van der Waals surface area contributed by atoms with Gasteiger partial charge in [0.15, 0.2) is 0 Å². The zero-order valence-electron chi connectivity index (χ0n) is 12.5. The maximum Gasteiger partial charge on any atom is 0.236 e. The molecule has 0 atom stereocenters. The molecular weight excluding hydrogens is 332 g/mol. The molecule has 23 heavy (non-hydrogen) atoms. The van der Waals surface area contributed by atoms with E-state index in [1.807, 2.05) is 29.8 Å². The molecule has 0 bridgehead atoms. The second-order valence-corrected chi connectivity index (χ2v) is 6.45. The molecule has 118 valence electrons. The van der Waals surface area contributed by atoms with Gasteiger partial charge in [-0.1, -0.05) is 17.7 Å². The highest BCUT2D eigenvalue weighted by Crippen LogP contribution is 2.22. The number of aryl methyl sites for hydroxylation is 1. The summed E-state index contributed by atoms with van der Waals surface area (Å²) in [6, 6.07) is 9.36. The number of fused-ring (bicyclic) bond motifs is 1. The number of anilines is 1. The Hall–Kier alpha value is -2.05. The third kappa shape index (κ3) is 3.83. The molecule has 0 saturated carbocycles. The number of rotatable bonds is 5. The van der Waals surface area contributed by atoms with Crippen molar-refractivity contribution in [3.05, 3.63) is 53.3 Å². The van der Waals surface area contributed by atoms with E-state index in [1.165, 1.54) is 11.8 Å². The molecule has 7 heteroatoms. The van der Waals surface area contributed by atoms with Crippen molar-refractivity contribution in [2.75, 3.05) is 11.1 Å². The Labute approximate surface area is 143 Å². The number of pyridine rings is 1. The smallest absolute Gasteiger partial charge is 0.236 e. The molecule has 0 aliphatic rings. The number of carbonyl (C=O) groups excluding carboxylic acids is 1. The van der Waals surface area contributed by atoms with Crippen LogP contribution in [0.25, 0.3) is 11.0 Å². The zero-order chi connectivity index (χ0) is 16.2. The minimum absolute atomic E-state index is 0.0802. The molecule has 1 N–H and O–H groups in total. The van der Waals surface area contributed by atoms with Crippen molar-refractivity contribution >= 4 is 46.3 Å². The van der Waals surface area contributed by atoms with Gasteiger partial charge < -0.3 is 4.57 Å². The van der Waals surface area contributed by atoms with Crippen LogP contribution in [0.5, 0.6) is 0 Å². The quantitative estimate of drug-likeness (QED) is 0.768. The Bertz CT molecular complexity index is 835. The average molecular weight is 347 g/mol. The van der Waals surface area contributed by atoms with Crippen molar-refractivity contribution in [1.82, 2.24) is 14.5 Å². The van der Waals surface area contributed by atoms with Crippen LogP contribution in [0.1, 0.15) is 5.56 Å². The van der Waals surface area contributed by atoms with E-state index < -0.39 is 0 Å². The summed E-state index contributed by atoms with van der Waals surface area (Å²) in [5.74, 6) is 1.55. The van der Waals surface area contributed by atoms with Crippen LogP contribution in [0.3, 0.4) is 0 Å². The number of nitrogens with one attached hydrogen (secondary N) is 1. The first-order valence-corrected chi connectivity index (χ1v) is 8.55. The van der Waals surface area contributed by atoms with Gasteiger partial charge in [-0.15, -0.1) is 11.8 Å². The third-order valence-electron chi connectivity index (χ3n) is 3.32. The maximum atomic E-state index is 12.1. The molecule has 2 heterocycles. The zero-order valence-corrected chi connectivity index (χ0v) is 14.1. The van der Waals surface area contributed by atoms with E-state index in [-0.39, 0.29) is 5.91 Å². The van der Waals surface area contributed by atoms with E-state index in [4.69, 9.17) is 11.6 Å². The molecule has 0 unspecified atom stereocenters. The highest BCUT2D eigenvalue weighted by Gasteiger charge is 2.11. The Morgan fingerprint density at radius 3 is 3.04 bits per heavy atom. The average Bonchev–Trinajstić information content (AvgIpc) is 2.83. The van der Waals surface area contributed by atoms with Crippen molar-refractivity contribution in [3.8, 4) is 0 Å². The lowest BCUT2D eigenvalue weighted by Crippen LogP contribution is -2.17. The van der Waals surface area contributed by atoms with Gasteiger partial charge in [-0.2, -0.15) is 0 Å². The number of amides is 1. The molecular formula is C16H15ClN4OS. The fourth-order valence-electron chi connectivity index (χ4n) is 2.19. The molecule has 0 aliphatic heterocycles. The Morgan fingerprint density at radius 2 is 2.26 bits per heavy atom. The van der Waals surface area contributed by atoms with Gasteiger partial charge in [0, 0.05) is 30.2 Å². The van der Waals surface area contributed by atoms with Crippen LogP contribution in [0.4, 0.5) is 5.95 Å². The van der Waals surface area contributed by atoms with Crippen molar-refractivity contribution in [2.24, 2.45) is 7.05 Å². The van der Waals surface area contributed by atoms with Crippen molar-refractivity contribution < 1.29 is 4.79 Å². The van der Waals surface area contributed by atoms with Crippen LogP contribution < -0.4 is 5.32 Å². The number of aromatic nitrogens is 3. The summed E-state index contributed by atoms with van der Waals surface area (Å²) in [5.41, 5.74) is 2.79. The first-order valence-electron chi connectivity index (χ1n) is 7.02. The summed E-state index contributed by atoms with van der Waals surface area (Å²) in [5, 5.41) is 3.46. The lowest BCUT2D eigenvalue weighted by molar-refractivity contribution is -0.113. The van der Waals surface area contributed by atoms with Gasteiger partial charge in [0.25, 0.3) is 0 Å². The first-order chi connectivity index (χ1) is 11.1. The van der Waals surface area contributed by atoms with Crippen molar-refractivity contribution in [1.29, 1.82) is 0 Å². The molecule has 0 radical (unpaired) electrons. The van der Waals surface area contributed by atoms with Gasteiger partial charge in [0.05, 0.1) is 16.8 Å². The van der Waals surface area contributed by atoms with Gasteiger partial charge in [0.2, 0.25) is 11.9 Å². The van der Waals surface area contributed by atoms with Gasteiger partial charge in [-0.05, 0) is 29.8 Å². The normalized spacial score (nSPS) is 10.9. The summed E-state index contributed by atoms with van der Waals surface area (Å²) < 4.78 is 1.84. The predicted molar refractivity (Wildman–Crippen MR) is 94.8 cm³/mol. The van der Waals surface area contributed by atoms with E-state index in [0.717, 1.165) is 22.3 Å². The fourth-order valence-corrected chi connectivity index (χ4v) is 3.12. The lowest BCUT2D eigenvalue weighted by atomic mass is 10.3. The van der Waals surface area contributed by atoms with Crippen LogP contribution in [0.15, 0.2) is 42.7 Å². The van der Waals surface area contributed by atoms with Gasteiger partial charge >= 0.3 is 0 Å². The second-order valence-electron chi connectivity index (χ2n) is 5.03. The summed E-state index contributed by atoms with van der Waals surface area (Å²) in [6.45, 7) is 0. The number of thioether (sulfide) groups is 1. The highest BCUT2D eigenvalue weighted by atomic mass is 35.5. The van der Waals surface area contributed by atoms with E-state index in [9.17, 15) is 4.79 Å². The molecule has 3 aromatic rings. The molecule has 0 spiro atoms. The summed E-state index contributed by atoms with van der Waals surface area (Å²) in [4.78, 5) is 20.5. The Kier molecular flexibility index (Phi) is 4.83. The van der Waals surface area contributed by atoms with E-state index in [0.29, 0.717) is 16.7 Å². The molecule has 5 nitrogen and oxygen atoms in total. The standard InChI is InChI=1S/C16H15ClN4OS/c1-21-14-5-4-12(17)7-13(14)19-16(21)20-15(22)10-23-9-11-3-2-6-18-8-11/h2-8H,9-10H2,1H3,(H,19,20,22). The minimum Gasteiger partial charge on any atom is -0.313 e. The lowest BCUT2D eigenvalue weighted by Gasteiger charge is -2.05. The number of imidazole rings is 1. The SMILES string of the molecule is Cn1c(NC(=O)CSCc2cccnc2)nc2cc(Cl)ccc21. The van der Waals surface area contributed by atoms with Crippen molar-refractivity contribution in [3.63, 3.8) is 0 Å². The summed E-state index contributed by atoms with van der Waals surface area (Å²) >= 11 is 7.51. The fraction of sp³-hybridized carbons (Fsp3) is 0.188. The second kappa shape index (κ2) is 7.02. The van der Waals surface area contributed by atoms with Crippen LogP contribution in [-0.2, 0) is 17.6 Å². The van der Waals surface area contributed by atoms with Crippen LogP contribution in [-0.4, -0.2) is 26.2 Å². The molecule has 0 aliphatic carbocycles. The monoisotopic (exact) mass is 346 g/mol. The number of benzene rings is 1. The number of nitrogens with zero attached hydrogens (tertiary/aromatic N) is 3. The summed E-state index contributed by atoms with van der Waals surface area (Å²) in [6.07, 6.45) is 3.54. The molecule has 0 fully saturated rings. The van der Waals surface area contributed by atoms with E-state index in [1.54, 1.807) is 24.5 Å². The largest absolute Gasteiger partial charge is 0.313 e. The van der Waals surface area contributed by atoms with E-state index >= 15 is 0 Å². The molecule has 1 aromatic carbocycles. The van der Waals surface area contributed by atoms with E-state index in [2.05, 4.69) is 15.3 Å². The maximum absolute atomic E-state index is 12.1. The molecule has 3 rings (SSSR count). The van der Waals surface area contributed by atoms with Crippen LogP contribution in [0, 0.1) is 0 Å². The van der Waals surface area contributed by atoms with Crippen LogP contribution >= 0.6 is 23.4 Å². The minimum atomic E-state index is -0.0802. The molecule has 2 aromatic heterocycles. The number of carbonyl (C=O) groups is 1. The van der Waals surface area contributed by atoms with Gasteiger partial charge in [-0.3, -0.25) is 15.1 Å². The first kappa shape index (κ1) is 15.8. The topological polar surface area (TPSA) is 59.8 Å². The molecule has 0 saturated heterocycles. The van der Waals surface area contributed by atoms with Gasteiger partial charge in [0.1, 0.15) is 0 Å². The number of hydrogen-bond acceptors (Lipinski definition) is 4. The highest BCUT2D eigenvalue weighted by molar-refractivity contribution is 7.99. The predicted octanol–water partition coefficient (Wildman–Crippen LogP) is 3.49. The van der Waals surface area contributed by atoms with Crippen LogP contribution in [0.2, 0.25) is 5.02 Å². The molecule has 1 amide bonds. The number of halogens is 1.